The van der Waals surface area contributed by atoms with Crippen LogP contribution in [0.25, 0.3) is 10.9 Å². The molecule has 1 aliphatic heterocycles. The summed E-state index contributed by atoms with van der Waals surface area (Å²) in [4.78, 5) is 18.1. The number of pyridine rings is 1. The van der Waals surface area contributed by atoms with E-state index in [-0.39, 0.29) is 5.91 Å². The molecule has 0 bridgehead atoms. The Labute approximate surface area is 117 Å². The number of benzene rings is 1. The minimum absolute atomic E-state index is 0.0945. The van der Waals surface area contributed by atoms with E-state index in [0.717, 1.165) is 46.6 Å². The zero-order chi connectivity index (χ0) is 13.4. The molecular formula is C15H15ClN2O. The Bertz CT molecular complexity index is 654. The molecule has 1 aliphatic rings. The summed E-state index contributed by atoms with van der Waals surface area (Å²) >= 11 is 6.52. The van der Waals surface area contributed by atoms with Gasteiger partial charge in [0.25, 0.3) is 0 Å². The Morgan fingerprint density at radius 1 is 1.37 bits per heavy atom. The maximum absolute atomic E-state index is 11.6. The summed E-state index contributed by atoms with van der Waals surface area (Å²) < 4.78 is 0. The first-order chi connectivity index (χ1) is 9.16. The van der Waals surface area contributed by atoms with Crippen molar-refractivity contribution in [3.63, 3.8) is 0 Å². The summed E-state index contributed by atoms with van der Waals surface area (Å²) in [6, 6.07) is 7.89. The van der Waals surface area contributed by atoms with Gasteiger partial charge in [-0.15, -0.1) is 0 Å². The molecule has 0 unspecified atom stereocenters. The van der Waals surface area contributed by atoms with Gasteiger partial charge in [0.15, 0.2) is 0 Å². The molecule has 2 heterocycles. The molecule has 0 fully saturated rings. The molecule has 0 aliphatic carbocycles. The second kappa shape index (κ2) is 4.82. The van der Waals surface area contributed by atoms with E-state index in [1.165, 1.54) is 0 Å². The smallest absolute Gasteiger partial charge is 0.219 e. The van der Waals surface area contributed by atoms with Crippen LogP contribution in [0, 0.1) is 0 Å². The Kier molecular flexibility index (Phi) is 3.15. The normalized spacial score (nSPS) is 15.2. The van der Waals surface area contributed by atoms with E-state index in [0.29, 0.717) is 6.54 Å². The first-order valence-electron chi connectivity index (χ1n) is 6.48. The van der Waals surface area contributed by atoms with Crippen molar-refractivity contribution < 1.29 is 4.79 Å². The highest BCUT2D eigenvalue weighted by molar-refractivity contribution is 6.36. The van der Waals surface area contributed by atoms with Gasteiger partial charge in [-0.05, 0) is 18.9 Å². The van der Waals surface area contributed by atoms with Crippen molar-refractivity contribution in [2.45, 2.75) is 26.3 Å². The predicted octanol–water partition coefficient (Wildman–Crippen LogP) is 3.18. The van der Waals surface area contributed by atoms with Gasteiger partial charge in [0, 0.05) is 36.7 Å². The molecule has 1 amide bonds. The number of aryl methyl sites for hydroxylation is 1. The highest BCUT2D eigenvalue weighted by Gasteiger charge is 2.21. The Morgan fingerprint density at radius 3 is 2.95 bits per heavy atom. The van der Waals surface area contributed by atoms with Crippen LogP contribution in [0.3, 0.4) is 0 Å². The van der Waals surface area contributed by atoms with Crippen LogP contribution in [0.15, 0.2) is 24.3 Å². The van der Waals surface area contributed by atoms with Gasteiger partial charge in [-0.3, -0.25) is 9.78 Å². The largest absolute Gasteiger partial charge is 0.338 e. The van der Waals surface area contributed by atoms with Crippen molar-refractivity contribution in [1.29, 1.82) is 0 Å². The number of carbonyl (C=O) groups excluding carboxylic acids is 1. The summed E-state index contributed by atoms with van der Waals surface area (Å²) in [6.45, 7) is 2.95. The molecule has 3 rings (SSSR count). The van der Waals surface area contributed by atoms with Crippen LogP contribution in [0.4, 0.5) is 0 Å². The van der Waals surface area contributed by atoms with E-state index in [1.54, 1.807) is 6.92 Å². The number of rotatable bonds is 0. The SMILES string of the molecule is CC(=O)N1CCCc2nc3ccccc3c(Cl)c2C1. The van der Waals surface area contributed by atoms with Crippen LogP contribution < -0.4 is 0 Å². The fourth-order valence-corrected chi connectivity index (χ4v) is 2.93. The van der Waals surface area contributed by atoms with Crippen molar-refractivity contribution in [3.05, 3.63) is 40.5 Å². The van der Waals surface area contributed by atoms with Gasteiger partial charge in [0.2, 0.25) is 5.91 Å². The molecule has 0 spiro atoms. The molecule has 1 aromatic carbocycles. The lowest BCUT2D eigenvalue weighted by atomic mass is 10.1. The number of carbonyl (C=O) groups is 1. The first kappa shape index (κ1) is 12.4. The summed E-state index contributed by atoms with van der Waals surface area (Å²) in [7, 11) is 0. The quantitative estimate of drug-likeness (QED) is 0.739. The number of aromatic nitrogens is 1. The number of fused-ring (bicyclic) bond motifs is 2. The van der Waals surface area contributed by atoms with Gasteiger partial charge in [0.05, 0.1) is 10.5 Å². The highest BCUT2D eigenvalue weighted by atomic mass is 35.5. The number of hydrogen-bond acceptors (Lipinski definition) is 2. The molecule has 19 heavy (non-hydrogen) atoms. The number of nitrogens with zero attached hydrogens (tertiary/aromatic N) is 2. The highest BCUT2D eigenvalue weighted by Crippen LogP contribution is 2.31. The number of hydrogen-bond donors (Lipinski definition) is 0. The fraction of sp³-hybridized carbons (Fsp3) is 0.333. The van der Waals surface area contributed by atoms with Crippen LogP contribution in [0.1, 0.15) is 24.6 Å². The van der Waals surface area contributed by atoms with Crippen molar-refractivity contribution >= 4 is 28.4 Å². The van der Waals surface area contributed by atoms with Crippen molar-refractivity contribution in [1.82, 2.24) is 9.88 Å². The van der Waals surface area contributed by atoms with E-state index in [9.17, 15) is 4.79 Å². The minimum Gasteiger partial charge on any atom is -0.338 e. The van der Waals surface area contributed by atoms with E-state index in [4.69, 9.17) is 16.6 Å². The molecule has 0 saturated carbocycles. The number of halogens is 1. The predicted molar refractivity (Wildman–Crippen MR) is 76.2 cm³/mol. The van der Waals surface area contributed by atoms with E-state index in [1.807, 2.05) is 29.2 Å². The second-order valence-electron chi connectivity index (χ2n) is 4.91. The summed E-state index contributed by atoms with van der Waals surface area (Å²) in [5, 5.41) is 1.71. The molecule has 2 aromatic rings. The molecule has 0 saturated heterocycles. The molecule has 3 nitrogen and oxygen atoms in total. The van der Waals surface area contributed by atoms with Gasteiger partial charge < -0.3 is 4.90 Å². The average molecular weight is 275 g/mol. The van der Waals surface area contributed by atoms with Crippen LogP contribution in [0.2, 0.25) is 5.02 Å². The summed E-state index contributed by atoms with van der Waals surface area (Å²) in [5.74, 6) is 0.0945. The van der Waals surface area contributed by atoms with Gasteiger partial charge in [-0.2, -0.15) is 0 Å². The monoisotopic (exact) mass is 274 g/mol. The Morgan fingerprint density at radius 2 is 2.16 bits per heavy atom. The van der Waals surface area contributed by atoms with E-state index >= 15 is 0 Å². The molecule has 4 heteroatoms. The van der Waals surface area contributed by atoms with Crippen molar-refractivity contribution in [3.8, 4) is 0 Å². The van der Waals surface area contributed by atoms with Crippen molar-refractivity contribution in [2.75, 3.05) is 6.54 Å². The topological polar surface area (TPSA) is 33.2 Å². The lowest BCUT2D eigenvalue weighted by Crippen LogP contribution is -2.28. The maximum atomic E-state index is 11.6. The van der Waals surface area contributed by atoms with Crippen LogP contribution >= 0.6 is 11.6 Å². The zero-order valence-electron chi connectivity index (χ0n) is 10.8. The minimum atomic E-state index is 0.0945. The lowest BCUT2D eigenvalue weighted by Gasteiger charge is -2.19. The van der Waals surface area contributed by atoms with Crippen LogP contribution in [-0.2, 0) is 17.8 Å². The number of amides is 1. The molecule has 0 atom stereocenters. The van der Waals surface area contributed by atoms with Crippen LogP contribution in [0.5, 0.6) is 0 Å². The van der Waals surface area contributed by atoms with Crippen molar-refractivity contribution in [2.24, 2.45) is 0 Å². The third kappa shape index (κ3) is 2.19. The third-order valence-electron chi connectivity index (χ3n) is 3.65. The van der Waals surface area contributed by atoms with Gasteiger partial charge in [-0.25, -0.2) is 0 Å². The average Bonchev–Trinajstić information content (AvgIpc) is 2.62. The van der Waals surface area contributed by atoms with Crippen LogP contribution in [-0.4, -0.2) is 22.3 Å². The van der Waals surface area contributed by atoms with Gasteiger partial charge in [0.1, 0.15) is 0 Å². The maximum Gasteiger partial charge on any atom is 0.219 e. The lowest BCUT2D eigenvalue weighted by molar-refractivity contribution is -0.129. The Balaban J connectivity index is 2.17. The number of para-hydroxylation sites is 1. The molecule has 0 radical (unpaired) electrons. The molecule has 98 valence electrons. The molecular weight excluding hydrogens is 260 g/mol. The summed E-state index contributed by atoms with van der Waals surface area (Å²) in [5.41, 5.74) is 2.98. The first-order valence-corrected chi connectivity index (χ1v) is 6.86. The fourth-order valence-electron chi connectivity index (χ4n) is 2.60. The van der Waals surface area contributed by atoms with Gasteiger partial charge in [-0.1, -0.05) is 29.8 Å². The second-order valence-corrected chi connectivity index (χ2v) is 5.29. The molecule has 1 aromatic heterocycles. The third-order valence-corrected chi connectivity index (χ3v) is 4.08. The summed E-state index contributed by atoms with van der Waals surface area (Å²) in [6.07, 6.45) is 1.82. The standard InChI is InChI=1S/C15H15ClN2O/c1-10(19)18-8-4-7-14-12(9-18)15(16)11-5-2-3-6-13(11)17-14/h2-3,5-6H,4,7-9H2,1H3. The van der Waals surface area contributed by atoms with E-state index in [2.05, 4.69) is 0 Å². The zero-order valence-corrected chi connectivity index (χ0v) is 11.6. The van der Waals surface area contributed by atoms with E-state index < -0.39 is 0 Å². The Hall–Kier alpha value is -1.61. The van der Waals surface area contributed by atoms with Gasteiger partial charge >= 0.3 is 0 Å². The molecule has 0 N–H and O–H groups in total.